The van der Waals surface area contributed by atoms with Crippen molar-refractivity contribution in [3.8, 4) is 11.6 Å². The first-order valence-corrected chi connectivity index (χ1v) is 11.7. The number of nitrogens with zero attached hydrogens (tertiary/aromatic N) is 1. The van der Waals surface area contributed by atoms with E-state index in [2.05, 4.69) is 15.0 Å². The van der Waals surface area contributed by atoms with E-state index < -0.39 is 10.0 Å². The van der Waals surface area contributed by atoms with Gasteiger partial charge in [-0.3, -0.25) is 9.52 Å². The molecule has 1 fully saturated rings. The number of hydrogen-bond donors (Lipinski definition) is 2. The third-order valence-corrected chi connectivity index (χ3v) is 6.28. The molecule has 0 bridgehead atoms. The molecule has 1 aromatic heterocycles. The van der Waals surface area contributed by atoms with Crippen molar-refractivity contribution < 1.29 is 22.7 Å². The van der Waals surface area contributed by atoms with Crippen LogP contribution < -0.4 is 14.8 Å². The van der Waals surface area contributed by atoms with Crippen LogP contribution >= 0.6 is 0 Å². The van der Waals surface area contributed by atoms with Crippen molar-refractivity contribution in [2.24, 2.45) is 0 Å². The summed E-state index contributed by atoms with van der Waals surface area (Å²) in [6.45, 7) is 1.13. The minimum atomic E-state index is -3.74. The molecule has 3 aromatic rings. The van der Waals surface area contributed by atoms with Crippen LogP contribution in [0.4, 0.5) is 5.69 Å². The smallest absolute Gasteiger partial charge is 0.261 e. The summed E-state index contributed by atoms with van der Waals surface area (Å²) in [5, 5.41) is 2.85. The molecule has 0 spiro atoms. The second kappa shape index (κ2) is 9.80. The zero-order chi connectivity index (χ0) is 22.4. The van der Waals surface area contributed by atoms with E-state index in [1.165, 1.54) is 24.4 Å². The van der Waals surface area contributed by atoms with Crippen LogP contribution in [-0.4, -0.2) is 38.6 Å². The highest BCUT2D eigenvalue weighted by Crippen LogP contribution is 2.26. The van der Waals surface area contributed by atoms with Crippen molar-refractivity contribution in [1.82, 2.24) is 10.3 Å². The molecule has 9 heteroatoms. The Labute approximate surface area is 186 Å². The molecule has 1 aliphatic rings. The first kappa shape index (κ1) is 21.8. The third-order valence-electron chi connectivity index (χ3n) is 4.88. The summed E-state index contributed by atoms with van der Waals surface area (Å²) in [5.74, 6) is 0.148. The molecule has 0 unspecified atom stereocenters. The number of ether oxygens (including phenoxy) is 2. The largest absolute Gasteiger partial charge is 0.438 e. The summed E-state index contributed by atoms with van der Waals surface area (Å²) in [7, 11) is -3.74. The topological polar surface area (TPSA) is 107 Å². The number of benzene rings is 2. The Morgan fingerprint density at radius 3 is 2.72 bits per heavy atom. The maximum Gasteiger partial charge on any atom is 0.261 e. The number of anilines is 1. The highest BCUT2D eigenvalue weighted by molar-refractivity contribution is 7.92. The van der Waals surface area contributed by atoms with Gasteiger partial charge in [-0.1, -0.05) is 24.3 Å². The maximum atomic E-state index is 12.6. The third kappa shape index (κ3) is 5.43. The molecule has 166 valence electrons. The molecule has 1 saturated heterocycles. The lowest BCUT2D eigenvalue weighted by Crippen LogP contribution is -2.32. The fourth-order valence-electron chi connectivity index (χ4n) is 3.30. The minimum absolute atomic E-state index is 0.0225. The summed E-state index contributed by atoms with van der Waals surface area (Å²) in [5.41, 5.74) is 0.604. The zero-order valence-electron chi connectivity index (χ0n) is 17.2. The number of nitrogens with one attached hydrogen (secondary N) is 2. The Bertz CT molecular complexity index is 1180. The van der Waals surface area contributed by atoms with Gasteiger partial charge in [0, 0.05) is 25.4 Å². The SMILES string of the molecule is O=C(NC[C@H]1CCCO1)c1cccnc1Oc1cccc(NS(=O)(=O)c2ccccc2)c1. The molecule has 2 aromatic carbocycles. The molecule has 1 amide bonds. The quantitative estimate of drug-likeness (QED) is 0.540. The van der Waals surface area contributed by atoms with Crippen LogP contribution in [0.1, 0.15) is 23.2 Å². The van der Waals surface area contributed by atoms with E-state index in [-0.39, 0.29) is 28.4 Å². The van der Waals surface area contributed by atoms with Crippen molar-refractivity contribution in [2.75, 3.05) is 17.9 Å². The number of sulfonamides is 1. The number of rotatable bonds is 8. The van der Waals surface area contributed by atoms with Gasteiger partial charge in [0.1, 0.15) is 11.3 Å². The average Bonchev–Trinajstić information content (AvgIpc) is 3.32. The molecule has 2 N–H and O–H groups in total. The zero-order valence-corrected chi connectivity index (χ0v) is 18.0. The number of carbonyl (C=O) groups excluding carboxylic acids is 1. The van der Waals surface area contributed by atoms with Gasteiger partial charge in [0.25, 0.3) is 15.9 Å². The van der Waals surface area contributed by atoms with Gasteiger partial charge in [-0.05, 0) is 49.2 Å². The standard InChI is InChI=1S/C23H23N3O5S/c27-22(25-16-19-9-6-14-30-19)21-12-5-13-24-23(21)31-18-8-4-7-17(15-18)26-32(28,29)20-10-2-1-3-11-20/h1-5,7-8,10-13,15,19,26H,6,9,14,16H2,(H,25,27)/t19-/m1/s1. The predicted molar refractivity (Wildman–Crippen MR) is 119 cm³/mol. The maximum absolute atomic E-state index is 12.6. The lowest BCUT2D eigenvalue weighted by molar-refractivity contribution is 0.0855. The summed E-state index contributed by atoms with van der Waals surface area (Å²) in [6.07, 6.45) is 3.46. The van der Waals surface area contributed by atoms with Crippen LogP contribution in [0.15, 0.2) is 77.8 Å². The highest BCUT2D eigenvalue weighted by Gasteiger charge is 2.19. The number of aromatic nitrogens is 1. The van der Waals surface area contributed by atoms with Gasteiger partial charge in [-0.2, -0.15) is 0 Å². The number of hydrogen-bond acceptors (Lipinski definition) is 6. The van der Waals surface area contributed by atoms with Gasteiger partial charge >= 0.3 is 0 Å². The normalized spacial score (nSPS) is 15.8. The summed E-state index contributed by atoms with van der Waals surface area (Å²) in [4.78, 5) is 17.0. The Morgan fingerprint density at radius 1 is 1.09 bits per heavy atom. The van der Waals surface area contributed by atoms with Crippen molar-refractivity contribution in [1.29, 1.82) is 0 Å². The van der Waals surface area contributed by atoms with Crippen LogP contribution in [-0.2, 0) is 14.8 Å². The van der Waals surface area contributed by atoms with Crippen LogP contribution in [0.2, 0.25) is 0 Å². The number of pyridine rings is 1. The van der Waals surface area contributed by atoms with Crippen molar-refractivity contribution in [2.45, 2.75) is 23.8 Å². The van der Waals surface area contributed by atoms with Crippen molar-refractivity contribution >= 4 is 21.6 Å². The van der Waals surface area contributed by atoms with Crippen LogP contribution in [0.3, 0.4) is 0 Å². The number of carbonyl (C=O) groups is 1. The van der Waals surface area contributed by atoms with Gasteiger partial charge in [0.15, 0.2) is 0 Å². The van der Waals surface area contributed by atoms with E-state index in [0.717, 1.165) is 12.8 Å². The van der Waals surface area contributed by atoms with E-state index >= 15 is 0 Å². The molecule has 0 aliphatic carbocycles. The minimum Gasteiger partial charge on any atom is -0.438 e. The molecule has 1 aliphatic heterocycles. The van der Waals surface area contributed by atoms with E-state index in [0.29, 0.717) is 24.6 Å². The highest BCUT2D eigenvalue weighted by atomic mass is 32.2. The summed E-state index contributed by atoms with van der Waals surface area (Å²) < 4.78 is 39.0. The van der Waals surface area contributed by atoms with Crippen LogP contribution in [0.25, 0.3) is 0 Å². The van der Waals surface area contributed by atoms with Gasteiger partial charge in [-0.15, -0.1) is 0 Å². The Balaban J connectivity index is 1.47. The molecular weight excluding hydrogens is 430 g/mol. The first-order chi connectivity index (χ1) is 15.5. The molecule has 8 nitrogen and oxygen atoms in total. The second-order valence-electron chi connectivity index (χ2n) is 7.25. The van der Waals surface area contributed by atoms with E-state index in [9.17, 15) is 13.2 Å². The fourth-order valence-corrected chi connectivity index (χ4v) is 4.37. The van der Waals surface area contributed by atoms with Crippen LogP contribution in [0, 0.1) is 0 Å². The summed E-state index contributed by atoms with van der Waals surface area (Å²) >= 11 is 0. The molecule has 0 radical (unpaired) electrons. The Kier molecular flexibility index (Phi) is 6.67. The molecule has 1 atom stereocenters. The van der Waals surface area contributed by atoms with Crippen molar-refractivity contribution in [3.05, 3.63) is 78.5 Å². The van der Waals surface area contributed by atoms with Gasteiger partial charge < -0.3 is 14.8 Å². The van der Waals surface area contributed by atoms with Crippen LogP contribution in [0.5, 0.6) is 11.6 Å². The molecule has 2 heterocycles. The number of amides is 1. The summed E-state index contributed by atoms with van der Waals surface area (Å²) in [6, 6.07) is 17.8. The average molecular weight is 454 g/mol. The predicted octanol–water partition coefficient (Wildman–Crippen LogP) is 3.58. The lowest BCUT2D eigenvalue weighted by Gasteiger charge is -2.13. The van der Waals surface area contributed by atoms with Gasteiger partial charge in [0.05, 0.1) is 16.7 Å². The van der Waals surface area contributed by atoms with Crippen molar-refractivity contribution in [3.63, 3.8) is 0 Å². The van der Waals surface area contributed by atoms with E-state index in [1.807, 2.05) is 0 Å². The first-order valence-electron chi connectivity index (χ1n) is 10.2. The molecule has 32 heavy (non-hydrogen) atoms. The monoisotopic (exact) mass is 453 g/mol. The van der Waals surface area contributed by atoms with E-state index in [4.69, 9.17) is 9.47 Å². The fraction of sp³-hybridized carbons (Fsp3) is 0.217. The van der Waals surface area contributed by atoms with E-state index in [1.54, 1.807) is 48.5 Å². The van der Waals surface area contributed by atoms with Gasteiger partial charge in [-0.25, -0.2) is 13.4 Å². The lowest BCUT2D eigenvalue weighted by atomic mass is 10.2. The molecular formula is C23H23N3O5S. The Hall–Kier alpha value is -3.43. The Morgan fingerprint density at radius 2 is 1.94 bits per heavy atom. The second-order valence-corrected chi connectivity index (χ2v) is 8.93. The molecule has 4 rings (SSSR count). The van der Waals surface area contributed by atoms with Gasteiger partial charge in [0.2, 0.25) is 5.88 Å². The molecule has 0 saturated carbocycles.